The minimum atomic E-state index is -0.0746. The minimum absolute atomic E-state index is 0.0746. The van der Waals surface area contributed by atoms with Crippen molar-refractivity contribution in [3.05, 3.63) is 12.2 Å². The Balaban J connectivity index is 2.28. The molecular weight excluding hydrogens is 176 g/mol. The molecule has 0 aliphatic heterocycles. The molecule has 0 fully saturated rings. The number of allylic oxidation sites excluding steroid dienone is 1. The lowest BCUT2D eigenvalue weighted by Gasteiger charge is -2.09. The van der Waals surface area contributed by atoms with Crippen LogP contribution in [0.1, 0.15) is 57.8 Å². The Bertz CT molecular complexity index is 154. The van der Waals surface area contributed by atoms with Gasteiger partial charge in [-0.2, -0.15) is 0 Å². The number of hydrogen-bond donors (Lipinski definition) is 1. The zero-order valence-corrected chi connectivity index (χ0v) is 8.95. The molecule has 2 heteroatoms. The summed E-state index contributed by atoms with van der Waals surface area (Å²) in [5.41, 5.74) is 0. The second-order valence-corrected chi connectivity index (χ2v) is 4.12. The first-order valence-corrected chi connectivity index (χ1v) is 5.90. The summed E-state index contributed by atoms with van der Waals surface area (Å²) in [4.78, 5) is 4.41. The molecule has 1 unspecified atom stereocenters. The van der Waals surface area contributed by atoms with Crippen molar-refractivity contribution < 1.29 is 10.1 Å². The second kappa shape index (κ2) is 8.01. The van der Waals surface area contributed by atoms with Gasteiger partial charge < -0.3 is 0 Å². The van der Waals surface area contributed by atoms with Crippen molar-refractivity contribution in [1.29, 1.82) is 0 Å². The van der Waals surface area contributed by atoms with Crippen LogP contribution in [-0.2, 0) is 4.89 Å². The van der Waals surface area contributed by atoms with E-state index in [-0.39, 0.29) is 6.10 Å². The highest BCUT2D eigenvalue weighted by Gasteiger charge is 2.04. The van der Waals surface area contributed by atoms with E-state index in [0.29, 0.717) is 0 Å². The van der Waals surface area contributed by atoms with Crippen molar-refractivity contribution in [2.24, 2.45) is 0 Å². The van der Waals surface area contributed by atoms with Gasteiger partial charge in [0.05, 0.1) is 0 Å². The molecule has 0 aromatic carbocycles. The molecule has 1 rings (SSSR count). The Morgan fingerprint density at radius 1 is 0.929 bits per heavy atom. The molecule has 0 aromatic heterocycles. The third kappa shape index (κ3) is 5.40. The van der Waals surface area contributed by atoms with E-state index < -0.39 is 0 Å². The standard InChI is InChI=1S/C12H22O2/c13-14-12-10-8-6-4-2-1-3-5-7-9-11-12/h8,10,12-13H,1-7,9,11H2/b10-8-. The summed E-state index contributed by atoms with van der Waals surface area (Å²) in [5, 5.41) is 8.64. The molecule has 0 aromatic rings. The topological polar surface area (TPSA) is 29.5 Å². The Labute approximate surface area is 86.9 Å². The molecule has 0 bridgehead atoms. The van der Waals surface area contributed by atoms with E-state index in [2.05, 4.69) is 11.0 Å². The van der Waals surface area contributed by atoms with Crippen LogP contribution < -0.4 is 0 Å². The molecule has 1 aliphatic rings. The van der Waals surface area contributed by atoms with Crippen molar-refractivity contribution in [3.8, 4) is 0 Å². The molecule has 1 atom stereocenters. The third-order valence-electron chi connectivity index (χ3n) is 2.85. The summed E-state index contributed by atoms with van der Waals surface area (Å²) in [5.74, 6) is 0. The Kier molecular flexibility index (Phi) is 6.71. The van der Waals surface area contributed by atoms with Gasteiger partial charge in [0, 0.05) is 0 Å². The van der Waals surface area contributed by atoms with E-state index in [9.17, 15) is 0 Å². The summed E-state index contributed by atoms with van der Waals surface area (Å²) in [6.07, 6.45) is 15.3. The summed E-state index contributed by atoms with van der Waals surface area (Å²) < 4.78 is 0. The van der Waals surface area contributed by atoms with Crippen LogP contribution in [-0.4, -0.2) is 11.4 Å². The molecule has 0 heterocycles. The monoisotopic (exact) mass is 198 g/mol. The predicted molar refractivity (Wildman–Crippen MR) is 58.2 cm³/mol. The van der Waals surface area contributed by atoms with E-state index in [4.69, 9.17) is 5.26 Å². The predicted octanol–water partition coefficient (Wildman–Crippen LogP) is 3.93. The fourth-order valence-electron chi connectivity index (χ4n) is 1.92. The van der Waals surface area contributed by atoms with E-state index in [1.165, 1.54) is 38.5 Å². The van der Waals surface area contributed by atoms with Gasteiger partial charge in [-0.05, 0) is 19.3 Å². The van der Waals surface area contributed by atoms with Gasteiger partial charge in [0.1, 0.15) is 6.10 Å². The lowest BCUT2D eigenvalue weighted by molar-refractivity contribution is -0.267. The van der Waals surface area contributed by atoms with Crippen LogP contribution in [0.4, 0.5) is 0 Å². The maximum Gasteiger partial charge on any atom is 0.111 e. The normalized spacial score (nSPS) is 28.8. The van der Waals surface area contributed by atoms with Crippen LogP contribution in [0.2, 0.25) is 0 Å². The van der Waals surface area contributed by atoms with Crippen LogP contribution in [0.3, 0.4) is 0 Å². The van der Waals surface area contributed by atoms with E-state index in [1.54, 1.807) is 0 Å². The van der Waals surface area contributed by atoms with Crippen molar-refractivity contribution in [3.63, 3.8) is 0 Å². The van der Waals surface area contributed by atoms with E-state index in [0.717, 1.165) is 19.3 Å². The Morgan fingerprint density at radius 2 is 1.57 bits per heavy atom. The number of rotatable bonds is 1. The summed E-state index contributed by atoms with van der Waals surface area (Å²) in [7, 11) is 0. The highest BCUT2D eigenvalue weighted by molar-refractivity contribution is 4.89. The zero-order chi connectivity index (χ0) is 10.1. The Hall–Kier alpha value is -0.340. The summed E-state index contributed by atoms with van der Waals surface area (Å²) >= 11 is 0. The molecule has 0 radical (unpaired) electrons. The SMILES string of the molecule is OOC1/C=C\CCCCCCCCC1. The van der Waals surface area contributed by atoms with Crippen molar-refractivity contribution in [1.82, 2.24) is 0 Å². The van der Waals surface area contributed by atoms with Gasteiger partial charge in [0.2, 0.25) is 0 Å². The van der Waals surface area contributed by atoms with E-state index >= 15 is 0 Å². The average molecular weight is 198 g/mol. The first-order chi connectivity index (χ1) is 6.93. The van der Waals surface area contributed by atoms with Crippen LogP contribution in [0.5, 0.6) is 0 Å². The average Bonchev–Trinajstić information content (AvgIpc) is 2.19. The van der Waals surface area contributed by atoms with Gasteiger partial charge in [-0.15, -0.1) is 0 Å². The van der Waals surface area contributed by atoms with Crippen molar-refractivity contribution >= 4 is 0 Å². The summed E-state index contributed by atoms with van der Waals surface area (Å²) in [6.45, 7) is 0. The minimum Gasteiger partial charge on any atom is -0.251 e. The van der Waals surface area contributed by atoms with E-state index in [1.807, 2.05) is 6.08 Å². The molecule has 82 valence electrons. The molecule has 2 nitrogen and oxygen atoms in total. The highest BCUT2D eigenvalue weighted by atomic mass is 17.1. The fraction of sp³-hybridized carbons (Fsp3) is 0.833. The molecule has 0 saturated carbocycles. The lowest BCUT2D eigenvalue weighted by atomic mass is 10.0. The number of hydrogen-bond acceptors (Lipinski definition) is 2. The van der Waals surface area contributed by atoms with Gasteiger partial charge >= 0.3 is 0 Å². The zero-order valence-electron chi connectivity index (χ0n) is 8.95. The Morgan fingerprint density at radius 3 is 2.29 bits per heavy atom. The van der Waals surface area contributed by atoms with Crippen LogP contribution in [0.15, 0.2) is 12.2 Å². The molecule has 0 amide bonds. The highest BCUT2D eigenvalue weighted by Crippen LogP contribution is 2.14. The van der Waals surface area contributed by atoms with Crippen LogP contribution in [0, 0.1) is 0 Å². The van der Waals surface area contributed by atoms with Gasteiger partial charge in [-0.25, -0.2) is 4.89 Å². The molecular formula is C12H22O2. The molecule has 1 aliphatic carbocycles. The smallest absolute Gasteiger partial charge is 0.111 e. The fourth-order valence-corrected chi connectivity index (χ4v) is 1.92. The van der Waals surface area contributed by atoms with Gasteiger partial charge in [-0.1, -0.05) is 50.7 Å². The van der Waals surface area contributed by atoms with Crippen LogP contribution in [0.25, 0.3) is 0 Å². The maximum atomic E-state index is 8.64. The first kappa shape index (κ1) is 11.7. The molecule has 14 heavy (non-hydrogen) atoms. The largest absolute Gasteiger partial charge is 0.251 e. The first-order valence-electron chi connectivity index (χ1n) is 5.90. The van der Waals surface area contributed by atoms with Crippen molar-refractivity contribution in [2.45, 2.75) is 63.9 Å². The molecule has 0 spiro atoms. The lowest BCUT2D eigenvalue weighted by Crippen LogP contribution is -2.07. The van der Waals surface area contributed by atoms with Crippen molar-refractivity contribution in [2.75, 3.05) is 0 Å². The second-order valence-electron chi connectivity index (χ2n) is 4.12. The molecule has 1 N–H and O–H groups in total. The van der Waals surface area contributed by atoms with Gasteiger partial charge in [0.25, 0.3) is 0 Å². The van der Waals surface area contributed by atoms with Gasteiger partial charge in [-0.3, -0.25) is 5.26 Å². The third-order valence-corrected chi connectivity index (χ3v) is 2.85. The quantitative estimate of drug-likeness (QED) is 0.393. The maximum absolute atomic E-state index is 8.64. The van der Waals surface area contributed by atoms with Gasteiger partial charge in [0.15, 0.2) is 0 Å². The molecule has 0 saturated heterocycles. The van der Waals surface area contributed by atoms with Crippen LogP contribution >= 0.6 is 0 Å². The summed E-state index contributed by atoms with van der Waals surface area (Å²) in [6, 6.07) is 0.